The van der Waals surface area contributed by atoms with Crippen molar-refractivity contribution < 1.29 is 18.8 Å². The van der Waals surface area contributed by atoms with Gasteiger partial charge in [-0.05, 0) is 25.5 Å². The van der Waals surface area contributed by atoms with Crippen molar-refractivity contribution >= 4 is 23.4 Å². The highest BCUT2D eigenvalue weighted by Crippen LogP contribution is 2.35. The van der Waals surface area contributed by atoms with E-state index < -0.39 is 17.8 Å². The monoisotopic (exact) mass is 452 g/mol. The normalized spacial score (nSPS) is 21.4. The lowest BCUT2D eigenvalue weighted by Crippen LogP contribution is -2.52. The predicted octanol–water partition coefficient (Wildman–Crippen LogP) is 1.01. The van der Waals surface area contributed by atoms with Crippen molar-refractivity contribution in [3.63, 3.8) is 0 Å². The van der Waals surface area contributed by atoms with Crippen LogP contribution in [-0.4, -0.2) is 69.7 Å². The van der Waals surface area contributed by atoms with Gasteiger partial charge < -0.3 is 9.80 Å². The molecule has 1 atom stereocenters. The van der Waals surface area contributed by atoms with Crippen LogP contribution in [0.15, 0.2) is 24.5 Å². The van der Waals surface area contributed by atoms with Crippen LogP contribution in [0.4, 0.5) is 10.1 Å². The highest BCUT2D eigenvalue weighted by atomic mass is 19.1. The molecule has 0 aliphatic carbocycles. The van der Waals surface area contributed by atoms with E-state index in [1.807, 2.05) is 19.3 Å². The average molecular weight is 452 g/mol. The van der Waals surface area contributed by atoms with Crippen molar-refractivity contribution in [1.82, 2.24) is 25.1 Å². The first-order valence-electron chi connectivity index (χ1n) is 11.1. The maximum absolute atomic E-state index is 14.5. The molecule has 2 fully saturated rings. The van der Waals surface area contributed by atoms with Crippen molar-refractivity contribution in [2.75, 3.05) is 31.1 Å². The van der Waals surface area contributed by atoms with E-state index in [-0.39, 0.29) is 31.2 Å². The number of amides is 3. The molecule has 3 aliphatic rings. The molecule has 0 bridgehead atoms. The zero-order valence-corrected chi connectivity index (χ0v) is 18.4. The maximum Gasteiger partial charge on any atom is 0.255 e. The van der Waals surface area contributed by atoms with Crippen LogP contribution in [0.1, 0.15) is 40.2 Å². The van der Waals surface area contributed by atoms with Crippen LogP contribution in [0.25, 0.3) is 0 Å². The number of imide groups is 1. The number of halogens is 1. The molecule has 2 saturated heterocycles. The summed E-state index contributed by atoms with van der Waals surface area (Å²) < 4.78 is 14.5. The number of aromatic nitrogens is 2. The molecule has 1 aromatic heterocycles. The molecule has 4 heterocycles. The van der Waals surface area contributed by atoms with E-state index in [1.54, 1.807) is 0 Å². The number of nitrogens with one attached hydrogen (secondary N) is 1. The summed E-state index contributed by atoms with van der Waals surface area (Å²) in [5.74, 6) is -0.894. The number of hydrogen-bond donors (Lipinski definition) is 1. The fourth-order valence-electron chi connectivity index (χ4n) is 4.80. The lowest BCUT2D eigenvalue weighted by molar-refractivity contribution is -0.136. The summed E-state index contributed by atoms with van der Waals surface area (Å²) in [7, 11) is 0. The number of anilines is 1. The second-order valence-electron chi connectivity index (χ2n) is 8.75. The third-order valence-corrected chi connectivity index (χ3v) is 6.55. The first-order valence-corrected chi connectivity index (χ1v) is 11.1. The number of nitrogens with zero attached hydrogens (tertiary/aromatic N) is 5. The Morgan fingerprint density at radius 1 is 1.09 bits per heavy atom. The highest BCUT2D eigenvalue weighted by Gasteiger charge is 2.41. The summed E-state index contributed by atoms with van der Waals surface area (Å²) in [4.78, 5) is 51.2. The third-order valence-electron chi connectivity index (χ3n) is 6.55. The van der Waals surface area contributed by atoms with Crippen LogP contribution >= 0.6 is 0 Å². The van der Waals surface area contributed by atoms with E-state index in [2.05, 4.69) is 25.1 Å². The summed E-state index contributed by atoms with van der Waals surface area (Å²) in [5.41, 5.74) is 2.79. The number of piperidine rings is 1. The highest BCUT2D eigenvalue weighted by molar-refractivity contribution is 6.06. The van der Waals surface area contributed by atoms with Gasteiger partial charge in [-0.3, -0.25) is 24.6 Å². The molecule has 5 rings (SSSR count). The van der Waals surface area contributed by atoms with Crippen molar-refractivity contribution in [2.45, 2.75) is 38.9 Å². The summed E-state index contributed by atoms with van der Waals surface area (Å²) in [6.07, 6.45) is 4.14. The molecule has 3 aliphatic heterocycles. The van der Waals surface area contributed by atoms with Gasteiger partial charge in [0.25, 0.3) is 5.91 Å². The maximum atomic E-state index is 14.5. The fourth-order valence-corrected chi connectivity index (χ4v) is 4.80. The molecule has 0 spiro atoms. The van der Waals surface area contributed by atoms with E-state index in [0.717, 1.165) is 36.6 Å². The molecule has 2 aromatic rings. The molecule has 3 amide bonds. The Balaban J connectivity index is 1.31. The van der Waals surface area contributed by atoms with Gasteiger partial charge in [0.05, 0.1) is 0 Å². The topological polar surface area (TPSA) is 98.7 Å². The Hall–Kier alpha value is -3.40. The molecule has 9 nitrogen and oxygen atoms in total. The lowest BCUT2D eigenvalue weighted by Gasteiger charge is -2.37. The van der Waals surface area contributed by atoms with Crippen molar-refractivity contribution in [2.24, 2.45) is 0 Å². The second kappa shape index (κ2) is 8.51. The summed E-state index contributed by atoms with van der Waals surface area (Å²) in [6, 6.07) is 2.01. The molecular weight excluding hydrogens is 427 g/mol. The second-order valence-corrected chi connectivity index (χ2v) is 8.75. The lowest BCUT2D eigenvalue weighted by atomic mass is 10.0. The van der Waals surface area contributed by atoms with E-state index in [0.29, 0.717) is 24.3 Å². The van der Waals surface area contributed by atoms with Gasteiger partial charge in [0.1, 0.15) is 17.7 Å². The van der Waals surface area contributed by atoms with E-state index >= 15 is 0 Å². The Labute approximate surface area is 190 Å². The Bertz CT molecular complexity index is 1110. The van der Waals surface area contributed by atoms with Crippen molar-refractivity contribution in [1.29, 1.82) is 0 Å². The van der Waals surface area contributed by atoms with Crippen LogP contribution in [0.3, 0.4) is 0 Å². The number of benzene rings is 1. The number of carbonyl (C=O) groups is 3. The first-order chi connectivity index (χ1) is 15.9. The number of fused-ring (bicyclic) bond motifs is 1. The summed E-state index contributed by atoms with van der Waals surface area (Å²) in [5, 5.41) is 2.30. The van der Waals surface area contributed by atoms with Gasteiger partial charge in [-0.2, -0.15) is 0 Å². The standard InChI is InChI=1S/C23H25FN6O3/c1-14-25-10-15(11-26-14)12-28-4-6-29(7-5-28)20-9-16(24)8-17-18(20)13-30(23(17)33)19-2-3-21(31)27-22(19)32/h8-11,19H,2-7,12-13H2,1H3,(H,27,31,32). The van der Waals surface area contributed by atoms with E-state index in [4.69, 9.17) is 0 Å². The van der Waals surface area contributed by atoms with E-state index in [9.17, 15) is 18.8 Å². The molecular formula is C23H25FN6O3. The quantitative estimate of drug-likeness (QED) is 0.692. The smallest absolute Gasteiger partial charge is 0.255 e. The fraction of sp³-hybridized carbons (Fsp3) is 0.435. The number of aryl methyl sites for hydroxylation is 1. The minimum atomic E-state index is -0.716. The van der Waals surface area contributed by atoms with E-state index in [1.165, 1.54) is 17.0 Å². The van der Waals surface area contributed by atoms with Crippen LogP contribution < -0.4 is 10.2 Å². The number of carbonyl (C=O) groups excluding carboxylic acids is 3. The van der Waals surface area contributed by atoms with Gasteiger partial charge in [0, 0.05) is 80.5 Å². The summed E-state index contributed by atoms with van der Waals surface area (Å²) >= 11 is 0. The van der Waals surface area contributed by atoms with Crippen LogP contribution in [0, 0.1) is 12.7 Å². The molecule has 172 valence electrons. The molecule has 0 saturated carbocycles. The van der Waals surface area contributed by atoms with Gasteiger partial charge >= 0.3 is 0 Å². The number of piperazine rings is 1. The minimum absolute atomic E-state index is 0.186. The predicted molar refractivity (Wildman–Crippen MR) is 117 cm³/mol. The number of rotatable bonds is 4. The molecule has 1 aromatic carbocycles. The van der Waals surface area contributed by atoms with Crippen molar-refractivity contribution in [3.8, 4) is 0 Å². The number of hydrogen-bond acceptors (Lipinski definition) is 7. The van der Waals surface area contributed by atoms with Gasteiger partial charge in [-0.15, -0.1) is 0 Å². The summed E-state index contributed by atoms with van der Waals surface area (Å²) in [6.45, 7) is 5.78. The zero-order valence-electron chi connectivity index (χ0n) is 18.4. The van der Waals surface area contributed by atoms with Gasteiger partial charge in [0.2, 0.25) is 11.8 Å². The van der Waals surface area contributed by atoms with Crippen LogP contribution in [-0.2, 0) is 22.7 Å². The Morgan fingerprint density at radius 3 is 2.52 bits per heavy atom. The van der Waals surface area contributed by atoms with Crippen molar-refractivity contribution in [3.05, 3.63) is 52.9 Å². The van der Waals surface area contributed by atoms with Gasteiger partial charge in [-0.25, -0.2) is 14.4 Å². The molecule has 1 unspecified atom stereocenters. The SMILES string of the molecule is Cc1ncc(CN2CCN(c3cc(F)cc4c3CN(C3CCC(=O)NC3=O)C4=O)CC2)cn1. The average Bonchev–Trinajstić information content (AvgIpc) is 3.11. The van der Waals surface area contributed by atoms with Crippen LogP contribution in [0.5, 0.6) is 0 Å². The molecule has 10 heteroatoms. The molecule has 1 N–H and O–H groups in total. The molecule has 0 radical (unpaired) electrons. The minimum Gasteiger partial charge on any atom is -0.369 e. The Kier molecular flexibility index (Phi) is 5.53. The first kappa shape index (κ1) is 21.4. The van der Waals surface area contributed by atoms with Crippen LogP contribution in [0.2, 0.25) is 0 Å². The molecule has 33 heavy (non-hydrogen) atoms. The zero-order chi connectivity index (χ0) is 23.1. The largest absolute Gasteiger partial charge is 0.369 e. The third kappa shape index (κ3) is 4.18. The van der Waals surface area contributed by atoms with Gasteiger partial charge in [-0.1, -0.05) is 0 Å². The Morgan fingerprint density at radius 2 is 1.82 bits per heavy atom. The van der Waals surface area contributed by atoms with Gasteiger partial charge in [0.15, 0.2) is 0 Å².